The highest BCUT2D eigenvalue weighted by molar-refractivity contribution is 7.86. The van der Waals surface area contributed by atoms with Crippen LogP contribution in [0.5, 0.6) is 0 Å². The van der Waals surface area contributed by atoms with Crippen molar-refractivity contribution in [2.24, 2.45) is 5.92 Å². The minimum Gasteiger partial charge on any atom is -0.465 e. The third kappa shape index (κ3) is 6.32. The molecule has 1 atom stereocenters. The summed E-state index contributed by atoms with van der Waals surface area (Å²) in [4.78, 5) is 13.1. The molecule has 0 aliphatic heterocycles. The Kier molecular flexibility index (Phi) is 7.02. The molecule has 0 heterocycles. The fourth-order valence-electron chi connectivity index (χ4n) is 2.72. The van der Waals surface area contributed by atoms with Crippen LogP contribution in [0, 0.1) is 12.8 Å². The Bertz CT molecular complexity index is 674. The highest BCUT2D eigenvalue weighted by Gasteiger charge is 2.34. The highest BCUT2D eigenvalue weighted by Crippen LogP contribution is 2.24. The molecule has 0 saturated heterocycles. The smallest absolute Gasteiger partial charge is 0.408 e. The van der Waals surface area contributed by atoms with Crippen LogP contribution in [0.3, 0.4) is 0 Å². The van der Waals surface area contributed by atoms with E-state index in [0.29, 0.717) is 6.42 Å². The molecule has 1 aromatic rings. The maximum Gasteiger partial charge on any atom is 0.408 e. The first-order valence-corrected chi connectivity index (χ1v) is 9.74. The van der Waals surface area contributed by atoms with E-state index in [1.165, 1.54) is 17.0 Å². The van der Waals surface area contributed by atoms with Crippen molar-refractivity contribution in [3.63, 3.8) is 0 Å². The molecule has 0 aliphatic rings. The minimum atomic E-state index is -3.93. The quantitative estimate of drug-likeness (QED) is 0.735. The van der Waals surface area contributed by atoms with Gasteiger partial charge in [-0.05, 0) is 52.2 Å². The summed E-state index contributed by atoms with van der Waals surface area (Å²) in [6.45, 7) is 10.9. The van der Waals surface area contributed by atoms with Gasteiger partial charge in [-0.3, -0.25) is 9.08 Å². The molecule has 0 saturated carbocycles. The molecule has 142 valence electrons. The predicted octanol–water partition coefficient (Wildman–Crippen LogP) is 3.89. The second kappa shape index (κ2) is 8.19. The Morgan fingerprint density at radius 3 is 2.12 bits per heavy atom. The lowest BCUT2D eigenvalue weighted by atomic mass is 9.97. The van der Waals surface area contributed by atoms with Crippen LogP contribution in [0.2, 0.25) is 0 Å². The van der Waals surface area contributed by atoms with Crippen molar-refractivity contribution in [2.75, 3.05) is 6.61 Å². The van der Waals surface area contributed by atoms with Gasteiger partial charge in [-0.2, -0.15) is 8.42 Å². The predicted molar refractivity (Wildman–Crippen MR) is 97.2 cm³/mol. The van der Waals surface area contributed by atoms with Gasteiger partial charge in [0.05, 0.1) is 17.5 Å². The summed E-state index contributed by atoms with van der Waals surface area (Å²) in [5, 5.41) is 9.59. The summed E-state index contributed by atoms with van der Waals surface area (Å²) < 4.78 is 30.0. The molecule has 0 bridgehead atoms. The van der Waals surface area contributed by atoms with E-state index < -0.39 is 27.8 Å². The van der Waals surface area contributed by atoms with E-state index in [1.807, 2.05) is 20.8 Å². The van der Waals surface area contributed by atoms with Gasteiger partial charge in [-0.25, -0.2) is 4.79 Å². The van der Waals surface area contributed by atoms with Crippen LogP contribution in [0.15, 0.2) is 29.2 Å². The Hall–Kier alpha value is -1.60. The van der Waals surface area contributed by atoms with Crippen molar-refractivity contribution >= 4 is 16.2 Å². The standard InChI is InChI=1S/C18H29NO5S/c1-13(2)11-15(19(17(20)21)18(4,5)6)12-24-25(22,23)16-9-7-14(3)8-10-16/h7-10,13,15H,11-12H2,1-6H3,(H,20,21). The molecule has 25 heavy (non-hydrogen) atoms. The van der Waals surface area contributed by atoms with Gasteiger partial charge >= 0.3 is 6.09 Å². The first-order chi connectivity index (χ1) is 11.3. The van der Waals surface area contributed by atoms with Gasteiger partial charge in [0, 0.05) is 5.54 Å². The molecule has 6 nitrogen and oxygen atoms in total. The number of aryl methyl sites for hydroxylation is 1. The summed E-state index contributed by atoms with van der Waals surface area (Å²) in [7, 11) is -3.93. The van der Waals surface area contributed by atoms with Crippen molar-refractivity contribution < 1.29 is 22.5 Å². The molecular weight excluding hydrogens is 342 g/mol. The fraction of sp³-hybridized carbons (Fsp3) is 0.611. The van der Waals surface area contributed by atoms with Gasteiger partial charge in [0.15, 0.2) is 0 Å². The third-order valence-corrected chi connectivity index (χ3v) is 5.06. The fourth-order valence-corrected chi connectivity index (χ4v) is 3.67. The Morgan fingerprint density at radius 1 is 1.20 bits per heavy atom. The van der Waals surface area contributed by atoms with Crippen LogP contribution >= 0.6 is 0 Å². The molecular formula is C18H29NO5S. The van der Waals surface area contributed by atoms with Crippen molar-refractivity contribution in [1.82, 2.24) is 4.90 Å². The second-order valence-electron chi connectivity index (χ2n) is 7.66. The molecule has 1 rings (SSSR count). The number of nitrogens with zero attached hydrogens (tertiary/aromatic N) is 1. The van der Waals surface area contributed by atoms with Gasteiger partial charge in [-0.15, -0.1) is 0 Å². The van der Waals surface area contributed by atoms with Crippen LogP contribution in [0.1, 0.15) is 46.6 Å². The lowest BCUT2D eigenvalue weighted by molar-refractivity contribution is 0.0443. The second-order valence-corrected chi connectivity index (χ2v) is 9.27. The first-order valence-electron chi connectivity index (χ1n) is 8.33. The molecule has 1 aromatic carbocycles. The van der Waals surface area contributed by atoms with Crippen molar-refractivity contribution in [3.8, 4) is 0 Å². The largest absolute Gasteiger partial charge is 0.465 e. The zero-order valence-corrected chi connectivity index (χ0v) is 16.6. The van der Waals surface area contributed by atoms with Crippen LogP contribution < -0.4 is 0 Å². The number of carbonyl (C=O) groups is 1. The normalized spacial score (nSPS) is 13.7. The Labute approximate surface area is 150 Å². The van der Waals surface area contributed by atoms with Gasteiger partial charge in [0.2, 0.25) is 0 Å². The number of carboxylic acid groups (broad SMARTS) is 1. The Morgan fingerprint density at radius 2 is 1.72 bits per heavy atom. The topological polar surface area (TPSA) is 83.9 Å². The maximum absolute atomic E-state index is 12.4. The summed E-state index contributed by atoms with van der Waals surface area (Å²) in [6, 6.07) is 5.81. The number of benzene rings is 1. The lowest BCUT2D eigenvalue weighted by Crippen LogP contribution is -2.53. The van der Waals surface area contributed by atoms with E-state index in [0.717, 1.165) is 5.56 Å². The summed E-state index contributed by atoms with van der Waals surface area (Å²) in [5.41, 5.74) is 0.281. The van der Waals surface area contributed by atoms with Gasteiger partial charge < -0.3 is 5.11 Å². The van der Waals surface area contributed by atoms with Crippen LogP contribution in [0.25, 0.3) is 0 Å². The maximum atomic E-state index is 12.4. The number of hydrogen-bond donors (Lipinski definition) is 1. The Balaban J connectivity index is 3.02. The van der Waals surface area contributed by atoms with Crippen molar-refractivity contribution in [3.05, 3.63) is 29.8 Å². The lowest BCUT2D eigenvalue weighted by Gasteiger charge is -2.40. The van der Waals surface area contributed by atoms with Gasteiger partial charge in [0.25, 0.3) is 10.1 Å². The average molecular weight is 371 g/mol. The number of amides is 1. The van der Waals surface area contributed by atoms with Crippen molar-refractivity contribution in [2.45, 2.75) is 64.4 Å². The van der Waals surface area contributed by atoms with Crippen molar-refractivity contribution in [1.29, 1.82) is 0 Å². The van der Waals surface area contributed by atoms with Gasteiger partial charge in [-0.1, -0.05) is 31.5 Å². The molecule has 1 unspecified atom stereocenters. The molecule has 0 aromatic heterocycles. The summed E-state index contributed by atoms with van der Waals surface area (Å²) >= 11 is 0. The average Bonchev–Trinajstić information content (AvgIpc) is 2.43. The van der Waals surface area contributed by atoms with E-state index >= 15 is 0 Å². The highest BCUT2D eigenvalue weighted by atomic mass is 32.2. The van der Waals surface area contributed by atoms with E-state index in [9.17, 15) is 18.3 Å². The van der Waals surface area contributed by atoms with E-state index in [2.05, 4.69) is 0 Å². The monoisotopic (exact) mass is 371 g/mol. The zero-order chi connectivity index (χ0) is 19.4. The molecule has 0 radical (unpaired) electrons. The van der Waals surface area contributed by atoms with E-state index in [4.69, 9.17) is 4.18 Å². The molecule has 1 amide bonds. The van der Waals surface area contributed by atoms with Gasteiger partial charge in [0.1, 0.15) is 0 Å². The van der Waals surface area contributed by atoms with Crippen LogP contribution in [-0.4, -0.2) is 42.7 Å². The zero-order valence-electron chi connectivity index (χ0n) is 15.8. The summed E-state index contributed by atoms with van der Waals surface area (Å²) in [5.74, 6) is 0.194. The SMILES string of the molecule is Cc1ccc(S(=O)(=O)OCC(CC(C)C)N(C(=O)O)C(C)(C)C)cc1. The van der Waals surface area contributed by atoms with Crippen LogP contribution in [0.4, 0.5) is 4.79 Å². The molecule has 0 aliphatic carbocycles. The molecule has 1 N–H and O–H groups in total. The molecule has 7 heteroatoms. The molecule has 0 fully saturated rings. The molecule has 0 spiro atoms. The third-order valence-electron chi connectivity index (χ3n) is 3.76. The minimum absolute atomic E-state index is 0.0685. The first kappa shape index (κ1) is 21.4. The summed E-state index contributed by atoms with van der Waals surface area (Å²) in [6.07, 6.45) is -0.582. The van der Waals surface area contributed by atoms with E-state index in [1.54, 1.807) is 32.9 Å². The van der Waals surface area contributed by atoms with Crippen LogP contribution in [-0.2, 0) is 14.3 Å². The number of hydrogen-bond acceptors (Lipinski definition) is 4. The van der Waals surface area contributed by atoms with E-state index in [-0.39, 0.29) is 17.4 Å². The number of rotatable bonds is 7.